The first-order valence-electron chi connectivity index (χ1n) is 7.56. The number of nitrogens with zero attached hydrogens (tertiary/aromatic N) is 1. The molecule has 2 saturated carbocycles. The molecule has 2 heteroatoms. The lowest BCUT2D eigenvalue weighted by atomic mass is 9.83. The summed E-state index contributed by atoms with van der Waals surface area (Å²) in [6, 6.07) is 2.09. The Morgan fingerprint density at radius 1 is 1.12 bits per heavy atom. The Hall–Kier alpha value is -0.0800. The summed E-state index contributed by atoms with van der Waals surface area (Å²) < 4.78 is 0. The molecular formula is C15H30N2. The van der Waals surface area contributed by atoms with E-state index in [2.05, 4.69) is 25.7 Å². The largest absolute Gasteiger partial charge is 0.328 e. The van der Waals surface area contributed by atoms with E-state index in [1.54, 1.807) is 0 Å². The molecule has 0 spiro atoms. The van der Waals surface area contributed by atoms with Crippen LogP contribution in [0.15, 0.2) is 0 Å². The Morgan fingerprint density at radius 3 is 2.24 bits per heavy atom. The van der Waals surface area contributed by atoms with Gasteiger partial charge in [-0.2, -0.15) is 0 Å². The molecule has 2 nitrogen and oxygen atoms in total. The second kappa shape index (κ2) is 5.27. The van der Waals surface area contributed by atoms with Crippen LogP contribution >= 0.6 is 0 Å². The maximum Gasteiger partial charge on any atom is 0.0149 e. The van der Waals surface area contributed by atoms with Gasteiger partial charge in [0.1, 0.15) is 0 Å². The molecule has 17 heavy (non-hydrogen) atoms. The minimum Gasteiger partial charge on any atom is -0.328 e. The van der Waals surface area contributed by atoms with Crippen molar-refractivity contribution in [1.82, 2.24) is 4.90 Å². The van der Waals surface area contributed by atoms with Crippen LogP contribution in [-0.4, -0.2) is 29.6 Å². The van der Waals surface area contributed by atoms with Gasteiger partial charge in [0.2, 0.25) is 0 Å². The van der Waals surface area contributed by atoms with E-state index in [9.17, 15) is 0 Å². The van der Waals surface area contributed by atoms with Gasteiger partial charge >= 0.3 is 0 Å². The first-order valence-corrected chi connectivity index (χ1v) is 7.56. The van der Waals surface area contributed by atoms with E-state index < -0.39 is 0 Å². The number of hydrogen-bond acceptors (Lipinski definition) is 2. The SMILES string of the molecule is CCN(C1CCC(N)CC1)C1CCCC1(C)C. The zero-order valence-electron chi connectivity index (χ0n) is 11.9. The molecular weight excluding hydrogens is 208 g/mol. The van der Waals surface area contributed by atoms with Crippen molar-refractivity contribution in [2.75, 3.05) is 6.54 Å². The summed E-state index contributed by atoms with van der Waals surface area (Å²) in [6.07, 6.45) is 9.33. The van der Waals surface area contributed by atoms with Crippen molar-refractivity contribution in [3.63, 3.8) is 0 Å². The summed E-state index contributed by atoms with van der Waals surface area (Å²) in [5.74, 6) is 0. The smallest absolute Gasteiger partial charge is 0.0149 e. The van der Waals surface area contributed by atoms with Gasteiger partial charge in [-0.3, -0.25) is 4.90 Å². The average Bonchev–Trinajstić information content (AvgIpc) is 2.63. The molecule has 0 aromatic carbocycles. The summed E-state index contributed by atoms with van der Waals surface area (Å²) in [7, 11) is 0. The van der Waals surface area contributed by atoms with Crippen molar-refractivity contribution in [3.8, 4) is 0 Å². The van der Waals surface area contributed by atoms with Crippen molar-refractivity contribution < 1.29 is 0 Å². The Morgan fingerprint density at radius 2 is 1.76 bits per heavy atom. The van der Waals surface area contributed by atoms with E-state index in [1.165, 1.54) is 51.5 Å². The highest BCUT2D eigenvalue weighted by Crippen LogP contribution is 2.42. The Balaban J connectivity index is 2.01. The highest BCUT2D eigenvalue weighted by Gasteiger charge is 2.40. The summed E-state index contributed by atoms with van der Waals surface area (Å²) in [6.45, 7) is 8.47. The van der Waals surface area contributed by atoms with E-state index >= 15 is 0 Å². The van der Waals surface area contributed by atoms with Crippen LogP contribution in [0.25, 0.3) is 0 Å². The average molecular weight is 238 g/mol. The Labute approximate surface area is 107 Å². The van der Waals surface area contributed by atoms with Crippen LogP contribution in [0.1, 0.15) is 65.7 Å². The van der Waals surface area contributed by atoms with Crippen LogP contribution in [-0.2, 0) is 0 Å². The van der Waals surface area contributed by atoms with Crippen LogP contribution in [0.4, 0.5) is 0 Å². The molecule has 0 bridgehead atoms. The fourth-order valence-electron chi connectivity index (χ4n) is 4.09. The van der Waals surface area contributed by atoms with E-state index in [1.807, 2.05) is 0 Å². The van der Waals surface area contributed by atoms with Crippen molar-refractivity contribution in [2.24, 2.45) is 11.1 Å². The van der Waals surface area contributed by atoms with Gasteiger partial charge in [-0.05, 0) is 50.5 Å². The molecule has 2 aliphatic rings. The lowest BCUT2D eigenvalue weighted by Crippen LogP contribution is -2.49. The minimum atomic E-state index is 0.474. The van der Waals surface area contributed by atoms with E-state index in [0.29, 0.717) is 11.5 Å². The molecule has 0 aromatic heterocycles. The molecule has 0 aromatic rings. The van der Waals surface area contributed by atoms with Crippen molar-refractivity contribution in [1.29, 1.82) is 0 Å². The summed E-state index contributed by atoms with van der Waals surface area (Å²) >= 11 is 0. The molecule has 2 fully saturated rings. The van der Waals surface area contributed by atoms with Crippen LogP contribution in [0.3, 0.4) is 0 Å². The standard InChI is InChI=1S/C15H30N2/c1-4-17(13-9-7-12(16)8-10-13)14-6-5-11-15(14,2)3/h12-14H,4-11,16H2,1-3H3. The molecule has 1 unspecified atom stereocenters. The van der Waals surface area contributed by atoms with Gasteiger partial charge in [0.05, 0.1) is 0 Å². The van der Waals surface area contributed by atoms with E-state index in [0.717, 1.165) is 12.1 Å². The predicted octanol–water partition coefficient (Wildman–Crippen LogP) is 3.16. The van der Waals surface area contributed by atoms with E-state index in [-0.39, 0.29) is 0 Å². The fraction of sp³-hybridized carbons (Fsp3) is 1.00. The molecule has 2 N–H and O–H groups in total. The zero-order chi connectivity index (χ0) is 12.5. The molecule has 2 aliphatic carbocycles. The topological polar surface area (TPSA) is 29.3 Å². The molecule has 0 saturated heterocycles. The quantitative estimate of drug-likeness (QED) is 0.818. The number of rotatable bonds is 3. The predicted molar refractivity (Wildman–Crippen MR) is 74.0 cm³/mol. The molecule has 0 heterocycles. The van der Waals surface area contributed by atoms with Crippen LogP contribution < -0.4 is 5.73 Å². The minimum absolute atomic E-state index is 0.474. The third kappa shape index (κ3) is 2.85. The lowest BCUT2D eigenvalue weighted by molar-refractivity contribution is 0.0542. The lowest BCUT2D eigenvalue weighted by Gasteiger charge is -2.44. The van der Waals surface area contributed by atoms with Crippen LogP contribution in [0, 0.1) is 5.41 Å². The fourth-order valence-corrected chi connectivity index (χ4v) is 4.09. The summed E-state index contributed by atoms with van der Waals surface area (Å²) in [5, 5.41) is 0. The van der Waals surface area contributed by atoms with Gasteiger partial charge in [0.25, 0.3) is 0 Å². The van der Waals surface area contributed by atoms with Gasteiger partial charge in [-0.15, -0.1) is 0 Å². The summed E-state index contributed by atoms with van der Waals surface area (Å²) in [4.78, 5) is 2.80. The zero-order valence-corrected chi connectivity index (χ0v) is 11.9. The normalized spacial score (nSPS) is 37.6. The van der Waals surface area contributed by atoms with Gasteiger partial charge in [-0.25, -0.2) is 0 Å². The van der Waals surface area contributed by atoms with E-state index in [4.69, 9.17) is 5.73 Å². The molecule has 2 rings (SSSR count). The Kier molecular flexibility index (Phi) is 4.14. The van der Waals surface area contributed by atoms with Crippen molar-refractivity contribution >= 4 is 0 Å². The highest BCUT2D eigenvalue weighted by atomic mass is 15.2. The van der Waals surface area contributed by atoms with Gasteiger partial charge in [0.15, 0.2) is 0 Å². The van der Waals surface area contributed by atoms with Crippen LogP contribution in [0.2, 0.25) is 0 Å². The molecule has 0 aliphatic heterocycles. The van der Waals surface area contributed by atoms with Gasteiger partial charge < -0.3 is 5.73 Å². The van der Waals surface area contributed by atoms with Crippen molar-refractivity contribution in [3.05, 3.63) is 0 Å². The maximum atomic E-state index is 6.03. The molecule has 0 amide bonds. The highest BCUT2D eigenvalue weighted by molar-refractivity contribution is 4.95. The first kappa shape index (κ1) is 13.4. The van der Waals surface area contributed by atoms with Crippen LogP contribution in [0.5, 0.6) is 0 Å². The van der Waals surface area contributed by atoms with Gasteiger partial charge in [-0.1, -0.05) is 27.2 Å². The van der Waals surface area contributed by atoms with Crippen molar-refractivity contribution in [2.45, 2.75) is 83.8 Å². The monoisotopic (exact) mass is 238 g/mol. The third-order valence-corrected chi connectivity index (χ3v) is 5.18. The Bertz CT molecular complexity index is 241. The maximum absolute atomic E-state index is 6.03. The second-order valence-corrected chi connectivity index (χ2v) is 6.80. The number of nitrogens with two attached hydrogens (primary N) is 1. The first-order chi connectivity index (χ1) is 8.04. The number of hydrogen-bond donors (Lipinski definition) is 1. The molecule has 0 radical (unpaired) electrons. The molecule has 100 valence electrons. The molecule has 1 atom stereocenters. The third-order valence-electron chi connectivity index (χ3n) is 5.18. The summed E-state index contributed by atoms with van der Waals surface area (Å²) in [5.41, 5.74) is 6.55. The second-order valence-electron chi connectivity index (χ2n) is 6.80. The van der Waals surface area contributed by atoms with Gasteiger partial charge in [0, 0.05) is 18.1 Å².